The lowest BCUT2D eigenvalue weighted by molar-refractivity contribution is 0.549. The van der Waals surface area contributed by atoms with Crippen molar-refractivity contribution >= 4 is 38.9 Å². The fraction of sp³-hybridized carbons (Fsp3) is 0.333. The first-order chi connectivity index (χ1) is 9.11. The van der Waals surface area contributed by atoms with Gasteiger partial charge in [0.2, 0.25) is 0 Å². The Bertz CT molecular complexity index is 553. The Balaban J connectivity index is 2.24. The fourth-order valence-corrected chi connectivity index (χ4v) is 3.83. The van der Waals surface area contributed by atoms with Crippen LogP contribution in [0, 0.1) is 6.92 Å². The van der Waals surface area contributed by atoms with Crippen LogP contribution in [0.4, 0.5) is 0 Å². The molecule has 2 rings (SSSR count). The van der Waals surface area contributed by atoms with Gasteiger partial charge in [0, 0.05) is 15.5 Å². The molecule has 102 valence electrons. The highest BCUT2D eigenvalue weighted by Gasteiger charge is 2.15. The quantitative estimate of drug-likeness (QED) is 0.758. The third-order valence-corrected chi connectivity index (χ3v) is 4.89. The molecule has 0 spiro atoms. The predicted molar refractivity (Wildman–Crippen MR) is 88.3 cm³/mol. The topological polar surface area (TPSA) is 12.0 Å². The molecule has 0 saturated carbocycles. The van der Waals surface area contributed by atoms with E-state index in [1.54, 1.807) is 11.3 Å². The summed E-state index contributed by atoms with van der Waals surface area (Å²) in [5, 5.41) is 8.81. The second kappa shape index (κ2) is 6.89. The highest BCUT2D eigenvalue weighted by Crippen LogP contribution is 2.29. The standard InChI is InChI=1S/C15H17BrClNS/c1-3-18-15(13-9-19-8-10(13)2)6-11-4-5-12(16)7-14(11)17/h4-5,7-9,15,18H,3,6H2,1-2H3. The Morgan fingerprint density at radius 1 is 1.37 bits per heavy atom. The number of thiophene rings is 1. The Kier molecular flexibility index (Phi) is 5.46. The maximum atomic E-state index is 6.32. The molecule has 0 aliphatic heterocycles. The lowest BCUT2D eigenvalue weighted by atomic mass is 9.98. The Morgan fingerprint density at radius 2 is 2.16 bits per heavy atom. The van der Waals surface area contributed by atoms with Gasteiger partial charge >= 0.3 is 0 Å². The van der Waals surface area contributed by atoms with E-state index in [1.165, 1.54) is 16.7 Å². The van der Waals surface area contributed by atoms with Crippen molar-refractivity contribution in [1.82, 2.24) is 5.32 Å². The van der Waals surface area contributed by atoms with Gasteiger partial charge in [0.05, 0.1) is 0 Å². The van der Waals surface area contributed by atoms with Crippen LogP contribution in [0.1, 0.15) is 29.7 Å². The molecule has 19 heavy (non-hydrogen) atoms. The van der Waals surface area contributed by atoms with Crippen LogP contribution in [0.5, 0.6) is 0 Å². The predicted octanol–water partition coefficient (Wildman–Crippen LogP) is 5.37. The summed E-state index contributed by atoms with van der Waals surface area (Å²) in [6.45, 7) is 5.26. The van der Waals surface area contributed by atoms with Crippen LogP contribution in [0.15, 0.2) is 33.4 Å². The van der Waals surface area contributed by atoms with Crippen molar-refractivity contribution in [3.63, 3.8) is 0 Å². The van der Waals surface area contributed by atoms with E-state index in [0.717, 1.165) is 22.5 Å². The first-order valence-corrected chi connectivity index (χ1v) is 8.43. The summed E-state index contributed by atoms with van der Waals surface area (Å²) in [5.41, 5.74) is 3.91. The van der Waals surface area contributed by atoms with Gasteiger partial charge in [0.1, 0.15) is 0 Å². The van der Waals surface area contributed by atoms with Crippen molar-refractivity contribution in [1.29, 1.82) is 0 Å². The third-order valence-electron chi connectivity index (χ3n) is 3.16. The molecule has 1 nitrogen and oxygen atoms in total. The lowest BCUT2D eigenvalue weighted by Gasteiger charge is -2.19. The average Bonchev–Trinajstić information content (AvgIpc) is 2.78. The minimum atomic E-state index is 0.329. The lowest BCUT2D eigenvalue weighted by Crippen LogP contribution is -2.23. The van der Waals surface area contributed by atoms with Gasteiger partial charge in [-0.15, -0.1) is 0 Å². The van der Waals surface area contributed by atoms with Gasteiger partial charge in [0.15, 0.2) is 0 Å². The molecule has 4 heteroatoms. The molecule has 1 heterocycles. The van der Waals surface area contributed by atoms with Crippen LogP contribution in [-0.4, -0.2) is 6.54 Å². The van der Waals surface area contributed by atoms with Gasteiger partial charge < -0.3 is 5.32 Å². The molecule has 0 aliphatic rings. The maximum Gasteiger partial charge on any atom is 0.0449 e. The zero-order chi connectivity index (χ0) is 13.8. The number of aryl methyl sites for hydroxylation is 1. The van der Waals surface area contributed by atoms with E-state index in [2.05, 4.69) is 51.9 Å². The summed E-state index contributed by atoms with van der Waals surface area (Å²) in [6, 6.07) is 6.43. The minimum absolute atomic E-state index is 0.329. The van der Waals surface area contributed by atoms with Crippen LogP contribution in [0.2, 0.25) is 5.02 Å². The molecule has 0 saturated heterocycles. The smallest absolute Gasteiger partial charge is 0.0449 e. The largest absolute Gasteiger partial charge is 0.310 e. The van der Waals surface area contributed by atoms with E-state index in [4.69, 9.17) is 11.6 Å². The van der Waals surface area contributed by atoms with Crippen molar-refractivity contribution in [3.8, 4) is 0 Å². The zero-order valence-electron chi connectivity index (χ0n) is 11.0. The van der Waals surface area contributed by atoms with E-state index in [-0.39, 0.29) is 0 Å². The molecule has 0 bridgehead atoms. The Hall–Kier alpha value is -0.350. The first-order valence-electron chi connectivity index (χ1n) is 6.31. The molecule has 2 aromatic rings. The number of halogens is 2. The van der Waals surface area contributed by atoms with Crippen LogP contribution in [0.25, 0.3) is 0 Å². The highest BCUT2D eigenvalue weighted by atomic mass is 79.9. The fourth-order valence-electron chi connectivity index (χ4n) is 2.17. The van der Waals surface area contributed by atoms with E-state index >= 15 is 0 Å². The second-order valence-electron chi connectivity index (χ2n) is 4.56. The minimum Gasteiger partial charge on any atom is -0.310 e. The van der Waals surface area contributed by atoms with Gasteiger partial charge in [-0.3, -0.25) is 0 Å². The van der Waals surface area contributed by atoms with E-state index in [0.29, 0.717) is 6.04 Å². The van der Waals surface area contributed by atoms with Crippen molar-refractivity contribution < 1.29 is 0 Å². The monoisotopic (exact) mass is 357 g/mol. The second-order valence-corrected chi connectivity index (χ2v) is 6.63. The average molecular weight is 359 g/mol. The third kappa shape index (κ3) is 3.82. The van der Waals surface area contributed by atoms with E-state index < -0.39 is 0 Å². The maximum absolute atomic E-state index is 6.32. The van der Waals surface area contributed by atoms with Crippen molar-refractivity contribution in [2.75, 3.05) is 6.54 Å². The van der Waals surface area contributed by atoms with Crippen LogP contribution in [0.3, 0.4) is 0 Å². The number of hydrogen-bond acceptors (Lipinski definition) is 2. The number of hydrogen-bond donors (Lipinski definition) is 1. The normalized spacial score (nSPS) is 12.6. The molecular weight excluding hydrogens is 342 g/mol. The Morgan fingerprint density at radius 3 is 2.74 bits per heavy atom. The highest BCUT2D eigenvalue weighted by molar-refractivity contribution is 9.10. The molecule has 1 aromatic carbocycles. The van der Waals surface area contributed by atoms with Gasteiger partial charge in [-0.1, -0.05) is 40.5 Å². The van der Waals surface area contributed by atoms with Crippen LogP contribution < -0.4 is 5.32 Å². The molecule has 1 unspecified atom stereocenters. The summed E-state index contributed by atoms with van der Waals surface area (Å²) in [6.07, 6.45) is 0.914. The van der Waals surface area contributed by atoms with Crippen molar-refractivity contribution in [2.24, 2.45) is 0 Å². The summed E-state index contributed by atoms with van der Waals surface area (Å²) < 4.78 is 1.02. The van der Waals surface area contributed by atoms with Crippen molar-refractivity contribution in [2.45, 2.75) is 26.3 Å². The number of rotatable bonds is 5. The summed E-state index contributed by atoms with van der Waals surface area (Å²) >= 11 is 11.5. The van der Waals surface area contributed by atoms with Gasteiger partial charge in [-0.05, 0) is 59.5 Å². The Labute approximate surface area is 132 Å². The molecule has 1 aromatic heterocycles. The summed E-state index contributed by atoms with van der Waals surface area (Å²) in [5.74, 6) is 0. The van der Waals surface area contributed by atoms with Crippen molar-refractivity contribution in [3.05, 3.63) is 55.1 Å². The molecule has 0 fully saturated rings. The molecule has 0 radical (unpaired) electrons. The molecule has 0 aliphatic carbocycles. The summed E-state index contributed by atoms with van der Waals surface area (Å²) in [7, 11) is 0. The molecule has 0 amide bonds. The zero-order valence-corrected chi connectivity index (χ0v) is 14.2. The van der Waals surface area contributed by atoms with Gasteiger partial charge in [-0.2, -0.15) is 11.3 Å². The SMILES string of the molecule is CCNC(Cc1ccc(Br)cc1Cl)c1cscc1C. The molecule has 1 N–H and O–H groups in total. The number of likely N-dealkylation sites (N-methyl/N-ethyl adjacent to an activating group) is 1. The molecular formula is C15H17BrClNS. The number of nitrogens with one attached hydrogen (secondary N) is 1. The van der Waals surface area contributed by atoms with Crippen LogP contribution in [-0.2, 0) is 6.42 Å². The van der Waals surface area contributed by atoms with Gasteiger partial charge in [-0.25, -0.2) is 0 Å². The first kappa shape index (κ1) is 15.0. The number of benzene rings is 1. The van der Waals surface area contributed by atoms with E-state index in [1.807, 2.05) is 12.1 Å². The van der Waals surface area contributed by atoms with Crippen LogP contribution >= 0.6 is 38.9 Å². The van der Waals surface area contributed by atoms with E-state index in [9.17, 15) is 0 Å². The molecule has 1 atom stereocenters. The summed E-state index contributed by atoms with van der Waals surface area (Å²) in [4.78, 5) is 0. The van der Waals surface area contributed by atoms with Gasteiger partial charge in [0.25, 0.3) is 0 Å².